The first-order valence-corrected chi connectivity index (χ1v) is 10.1. The van der Waals surface area contributed by atoms with Crippen molar-refractivity contribution in [2.24, 2.45) is 5.41 Å². The van der Waals surface area contributed by atoms with Gasteiger partial charge in [-0.05, 0) is 51.7 Å². The Morgan fingerprint density at radius 1 is 1.21 bits per heavy atom. The molecule has 0 bridgehead atoms. The number of nitrogens with zero attached hydrogens (tertiary/aromatic N) is 1. The van der Waals surface area contributed by atoms with Crippen LogP contribution in [0.3, 0.4) is 0 Å². The van der Waals surface area contributed by atoms with Gasteiger partial charge in [0.25, 0.3) is 0 Å². The van der Waals surface area contributed by atoms with Gasteiger partial charge in [-0.1, -0.05) is 45.4 Å². The number of carbonyl (C=O) groups excluding carboxylic acids is 2. The minimum Gasteiger partial charge on any atom is -0.444 e. The Labute approximate surface area is 168 Å². The van der Waals surface area contributed by atoms with Crippen LogP contribution in [-0.2, 0) is 11.2 Å². The topological polar surface area (TPSA) is 60.3 Å². The summed E-state index contributed by atoms with van der Waals surface area (Å²) in [5.41, 5.74) is 1.78. The number of carbonyl (C=O) groups is 2. The van der Waals surface area contributed by atoms with Crippen LogP contribution in [0.25, 0.3) is 12.2 Å². The lowest BCUT2D eigenvalue weighted by Crippen LogP contribution is -2.34. The molecule has 0 unspecified atom stereocenters. The third-order valence-corrected chi connectivity index (χ3v) is 5.32. The molecule has 28 heavy (non-hydrogen) atoms. The lowest BCUT2D eigenvalue weighted by molar-refractivity contribution is 0.0528. The molecular formula is C23H34N2O3. The molecule has 0 atom stereocenters. The van der Waals surface area contributed by atoms with Gasteiger partial charge in [0, 0.05) is 23.7 Å². The van der Waals surface area contributed by atoms with Gasteiger partial charge >= 0.3 is 6.09 Å². The molecule has 5 nitrogen and oxygen atoms in total. The first-order chi connectivity index (χ1) is 13.1. The van der Waals surface area contributed by atoms with Crippen molar-refractivity contribution < 1.29 is 14.3 Å². The van der Waals surface area contributed by atoms with Crippen molar-refractivity contribution in [3.05, 3.63) is 36.2 Å². The number of hydrogen-bond donors (Lipinski definition) is 1. The molecule has 1 heterocycles. The highest BCUT2D eigenvalue weighted by Crippen LogP contribution is 2.38. The summed E-state index contributed by atoms with van der Waals surface area (Å²) in [6.07, 6.45) is 10.7. The molecule has 0 saturated heterocycles. The fourth-order valence-electron chi connectivity index (χ4n) is 3.85. The highest BCUT2D eigenvalue weighted by molar-refractivity contribution is 5.88. The Bertz CT molecular complexity index is 747. The summed E-state index contributed by atoms with van der Waals surface area (Å²) in [5, 5.41) is 2.77. The monoisotopic (exact) mass is 386 g/mol. The van der Waals surface area contributed by atoms with E-state index >= 15 is 0 Å². The number of ether oxygens (including phenoxy) is 1. The largest absolute Gasteiger partial charge is 0.444 e. The molecule has 0 radical (unpaired) electrons. The standard InChI is InChI=1S/C23H34N2O3/c1-7-18-17(12-15-24-21(27)28-22(3,4)5)16-25(19(18)8-2)20(26)23(6)13-10-9-11-14-23/h7-8,16H,1-2,9-15H2,3-6H3,(H,24,27). The van der Waals surface area contributed by atoms with E-state index in [1.54, 1.807) is 16.7 Å². The van der Waals surface area contributed by atoms with Gasteiger partial charge in [0.15, 0.2) is 0 Å². The van der Waals surface area contributed by atoms with Crippen LogP contribution in [0.1, 0.15) is 81.4 Å². The summed E-state index contributed by atoms with van der Waals surface area (Å²) in [7, 11) is 0. The molecule has 154 valence electrons. The number of nitrogens with one attached hydrogen (secondary N) is 1. The maximum atomic E-state index is 13.3. The average Bonchev–Trinajstić information content (AvgIpc) is 2.97. The van der Waals surface area contributed by atoms with Crippen LogP contribution >= 0.6 is 0 Å². The fourth-order valence-corrected chi connectivity index (χ4v) is 3.85. The molecule has 1 N–H and O–H groups in total. The van der Waals surface area contributed by atoms with Crippen molar-refractivity contribution in [1.82, 2.24) is 9.88 Å². The van der Waals surface area contributed by atoms with E-state index in [2.05, 4.69) is 25.4 Å². The van der Waals surface area contributed by atoms with E-state index < -0.39 is 11.7 Å². The van der Waals surface area contributed by atoms with Gasteiger partial charge in [-0.15, -0.1) is 0 Å². The van der Waals surface area contributed by atoms with Crippen molar-refractivity contribution in [1.29, 1.82) is 0 Å². The van der Waals surface area contributed by atoms with Crippen molar-refractivity contribution in [2.75, 3.05) is 6.54 Å². The van der Waals surface area contributed by atoms with Crippen LogP contribution in [0.15, 0.2) is 19.4 Å². The van der Waals surface area contributed by atoms with Gasteiger partial charge in [-0.3, -0.25) is 9.36 Å². The Balaban J connectivity index is 2.17. The van der Waals surface area contributed by atoms with Gasteiger partial charge in [-0.2, -0.15) is 0 Å². The molecule has 0 spiro atoms. The number of hydrogen-bond acceptors (Lipinski definition) is 3. The second-order valence-electron chi connectivity index (χ2n) is 8.84. The molecule has 1 amide bonds. The first-order valence-electron chi connectivity index (χ1n) is 10.1. The Morgan fingerprint density at radius 2 is 1.86 bits per heavy atom. The van der Waals surface area contributed by atoms with Crippen molar-refractivity contribution in [3.8, 4) is 0 Å². The summed E-state index contributed by atoms with van der Waals surface area (Å²) in [6.45, 7) is 15.8. The maximum absolute atomic E-state index is 13.3. The molecule has 1 aliphatic carbocycles. The van der Waals surface area contributed by atoms with Crippen LogP contribution in [0, 0.1) is 5.41 Å². The Hall–Kier alpha value is -2.30. The van der Waals surface area contributed by atoms with Gasteiger partial charge in [-0.25, -0.2) is 4.79 Å². The summed E-state index contributed by atoms with van der Waals surface area (Å²) >= 11 is 0. The molecule has 0 aliphatic heterocycles. The Kier molecular flexibility index (Phi) is 6.91. The van der Waals surface area contributed by atoms with Crippen LogP contribution in [0.2, 0.25) is 0 Å². The molecule has 2 rings (SSSR count). The number of amides is 1. The van der Waals surface area contributed by atoms with E-state index in [0.29, 0.717) is 13.0 Å². The summed E-state index contributed by atoms with van der Waals surface area (Å²) < 4.78 is 7.00. The zero-order chi connectivity index (χ0) is 20.9. The predicted octanol–water partition coefficient (Wildman–Crippen LogP) is 5.45. The van der Waals surface area contributed by atoms with Crippen molar-refractivity contribution >= 4 is 24.2 Å². The van der Waals surface area contributed by atoms with E-state index in [9.17, 15) is 9.59 Å². The summed E-state index contributed by atoms with van der Waals surface area (Å²) in [5.74, 6) is 0.122. The smallest absolute Gasteiger partial charge is 0.407 e. The second-order valence-corrected chi connectivity index (χ2v) is 8.84. The quantitative estimate of drug-likeness (QED) is 0.707. The SMILES string of the molecule is C=Cc1c(CCNC(=O)OC(C)(C)C)cn(C(=O)C2(C)CCCCC2)c1C=C. The third kappa shape index (κ3) is 5.15. The lowest BCUT2D eigenvalue weighted by atomic mass is 9.75. The number of aromatic nitrogens is 1. The minimum absolute atomic E-state index is 0.122. The van der Waals surface area contributed by atoms with Gasteiger partial charge in [0.05, 0.1) is 5.69 Å². The zero-order valence-corrected chi connectivity index (χ0v) is 17.8. The molecule has 5 heteroatoms. The molecule has 1 saturated carbocycles. The van der Waals surface area contributed by atoms with Crippen LogP contribution in [0.4, 0.5) is 4.79 Å². The first kappa shape index (κ1) is 22.0. The molecule has 1 aromatic rings. The summed E-state index contributed by atoms with van der Waals surface area (Å²) in [6, 6.07) is 0. The zero-order valence-electron chi connectivity index (χ0n) is 17.8. The third-order valence-electron chi connectivity index (χ3n) is 5.32. The molecule has 1 aromatic heterocycles. The second kappa shape index (κ2) is 8.80. The highest BCUT2D eigenvalue weighted by atomic mass is 16.6. The minimum atomic E-state index is -0.530. The highest BCUT2D eigenvalue weighted by Gasteiger charge is 2.36. The lowest BCUT2D eigenvalue weighted by Gasteiger charge is -2.32. The number of alkyl carbamates (subject to hydrolysis) is 1. The number of rotatable bonds is 6. The van der Waals surface area contributed by atoms with Gasteiger partial charge in [0.2, 0.25) is 5.91 Å². The summed E-state index contributed by atoms with van der Waals surface area (Å²) in [4.78, 5) is 25.2. The fraction of sp³-hybridized carbons (Fsp3) is 0.565. The predicted molar refractivity (Wildman–Crippen MR) is 114 cm³/mol. The average molecular weight is 387 g/mol. The molecule has 1 aliphatic rings. The normalized spacial score (nSPS) is 16.3. The van der Waals surface area contributed by atoms with Crippen molar-refractivity contribution in [2.45, 2.75) is 71.8 Å². The van der Waals surface area contributed by atoms with Crippen molar-refractivity contribution in [3.63, 3.8) is 0 Å². The van der Waals surface area contributed by atoms with Gasteiger partial charge in [0.1, 0.15) is 5.60 Å². The molecule has 0 aromatic carbocycles. The van der Waals surface area contributed by atoms with E-state index in [0.717, 1.165) is 42.5 Å². The maximum Gasteiger partial charge on any atom is 0.407 e. The van der Waals surface area contributed by atoms with E-state index in [1.165, 1.54) is 6.42 Å². The molecule has 1 fully saturated rings. The van der Waals surface area contributed by atoms with E-state index in [4.69, 9.17) is 4.74 Å². The van der Waals surface area contributed by atoms with Crippen LogP contribution in [-0.4, -0.2) is 28.7 Å². The van der Waals surface area contributed by atoms with Crippen LogP contribution < -0.4 is 5.32 Å². The Morgan fingerprint density at radius 3 is 2.39 bits per heavy atom. The molecular weight excluding hydrogens is 352 g/mol. The van der Waals surface area contributed by atoms with E-state index in [-0.39, 0.29) is 11.3 Å². The van der Waals surface area contributed by atoms with E-state index in [1.807, 2.05) is 27.0 Å². The van der Waals surface area contributed by atoms with Crippen LogP contribution in [0.5, 0.6) is 0 Å². The van der Waals surface area contributed by atoms with Gasteiger partial charge < -0.3 is 10.1 Å².